The van der Waals surface area contributed by atoms with Crippen LogP contribution in [-0.2, 0) is 24.4 Å². The van der Waals surface area contributed by atoms with Gasteiger partial charge in [0.1, 0.15) is 12.4 Å². The minimum absolute atomic E-state index is 0.182. The molecule has 0 unspecified atom stereocenters. The fourth-order valence-electron chi connectivity index (χ4n) is 2.85. The highest BCUT2D eigenvalue weighted by atomic mass is 79.9. The second-order valence-corrected chi connectivity index (χ2v) is 7.12. The first kappa shape index (κ1) is 18.3. The van der Waals surface area contributed by atoms with E-state index in [4.69, 9.17) is 5.73 Å². The molecule has 26 heavy (non-hydrogen) atoms. The highest BCUT2D eigenvalue weighted by Crippen LogP contribution is 2.14. The van der Waals surface area contributed by atoms with Gasteiger partial charge in [0, 0.05) is 11.0 Å². The van der Waals surface area contributed by atoms with Crippen LogP contribution in [-0.4, -0.2) is 27.4 Å². The van der Waals surface area contributed by atoms with Crippen molar-refractivity contribution < 1.29 is 4.79 Å². The molecule has 2 N–H and O–H groups in total. The zero-order valence-electron chi connectivity index (χ0n) is 14.4. The third kappa shape index (κ3) is 4.17. The van der Waals surface area contributed by atoms with Gasteiger partial charge in [-0.25, -0.2) is 4.98 Å². The Bertz CT molecular complexity index is 999. The van der Waals surface area contributed by atoms with E-state index in [1.807, 2.05) is 42.3 Å². The van der Waals surface area contributed by atoms with E-state index in [1.54, 1.807) is 18.2 Å². The molecule has 0 atom stereocenters. The highest BCUT2D eigenvalue weighted by molar-refractivity contribution is 9.10. The molecule has 1 heterocycles. The zero-order valence-corrected chi connectivity index (χ0v) is 15.9. The number of carbonyl (C=O) groups is 1. The summed E-state index contributed by atoms with van der Waals surface area (Å²) < 4.78 is 2.39. The number of rotatable bonds is 6. The minimum atomic E-state index is -0.569. The number of fused-ring (bicyclic) bond motifs is 1. The summed E-state index contributed by atoms with van der Waals surface area (Å²) >= 11 is 3.42. The van der Waals surface area contributed by atoms with E-state index in [2.05, 4.69) is 20.9 Å². The summed E-state index contributed by atoms with van der Waals surface area (Å²) in [6.07, 6.45) is 0. The Morgan fingerprint density at radius 3 is 2.54 bits per heavy atom. The largest absolute Gasteiger partial charge is 0.368 e. The van der Waals surface area contributed by atoms with Crippen LogP contribution in [0.15, 0.2) is 57.8 Å². The van der Waals surface area contributed by atoms with Gasteiger partial charge in [0.2, 0.25) is 5.91 Å². The topological polar surface area (TPSA) is 81.2 Å². The lowest BCUT2D eigenvalue weighted by Crippen LogP contribution is -2.33. The van der Waals surface area contributed by atoms with Gasteiger partial charge in [0.25, 0.3) is 5.56 Å². The number of nitrogens with zero attached hydrogens (tertiary/aromatic N) is 3. The number of benzene rings is 2. The van der Waals surface area contributed by atoms with Crippen molar-refractivity contribution in [3.63, 3.8) is 0 Å². The van der Waals surface area contributed by atoms with Gasteiger partial charge in [-0.1, -0.05) is 40.2 Å². The van der Waals surface area contributed by atoms with Gasteiger partial charge in [0.05, 0.1) is 17.4 Å². The molecule has 0 saturated carbocycles. The molecule has 6 nitrogen and oxygen atoms in total. The van der Waals surface area contributed by atoms with Gasteiger partial charge in [-0.05, 0) is 36.9 Å². The molecule has 1 aromatic heterocycles. The lowest BCUT2D eigenvalue weighted by Gasteiger charge is -2.19. The van der Waals surface area contributed by atoms with E-state index in [-0.39, 0.29) is 12.1 Å². The first-order valence-electron chi connectivity index (χ1n) is 8.14. The smallest absolute Gasteiger partial charge is 0.261 e. The van der Waals surface area contributed by atoms with Crippen molar-refractivity contribution in [3.8, 4) is 0 Å². The van der Waals surface area contributed by atoms with E-state index >= 15 is 0 Å². The molecule has 0 spiro atoms. The maximum absolute atomic E-state index is 12.8. The van der Waals surface area contributed by atoms with Gasteiger partial charge < -0.3 is 5.73 Å². The molecule has 0 saturated heterocycles. The van der Waals surface area contributed by atoms with Crippen LogP contribution in [0.2, 0.25) is 0 Å². The Balaban J connectivity index is 1.93. The average Bonchev–Trinajstić information content (AvgIpc) is 2.60. The van der Waals surface area contributed by atoms with Crippen molar-refractivity contribution in [3.05, 3.63) is 74.7 Å². The molecular weight excluding hydrogens is 396 g/mol. The number of nitrogens with two attached hydrogens (primary N) is 1. The van der Waals surface area contributed by atoms with E-state index in [0.29, 0.717) is 29.8 Å². The number of primary amides is 1. The number of hydrogen-bond donors (Lipinski definition) is 1. The fourth-order valence-corrected chi connectivity index (χ4v) is 3.12. The van der Waals surface area contributed by atoms with Crippen LogP contribution in [0, 0.1) is 0 Å². The van der Waals surface area contributed by atoms with Crippen LogP contribution >= 0.6 is 15.9 Å². The number of hydrogen-bond acceptors (Lipinski definition) is 4. The number of carbonyl (C=O) groups excluding carboxylic acids is 1. The van der Waals surface area contributed by atoms with E-state index in [9.17, 15) is 9.59 Å². The first-order chi connectivity index (χ1) is 12.4. The van der Waals surface area contributed by atoms with Crippen LogP contribution in [0.5, 0.6) is 0 Å². The van der Waals surface area contributed by atoms with Gasteiger partial charge in [0.15, 0.2) is 0 Å². The molecule has 3 rings (SSSR count). The number of halogens is 1. The summed E-state index contributed by atoms with van der Waals surface area (Å²) in [4.78, 5) is 30.8. The molecule has 0 aliphatic carbocycles. The summed E-state index contributed by atoms with van der Waals surface area (Å²) in [6.45, 7) is 0.925. The van der Waals surface area contributed by atoms with Crippen LogP contribution in [0.3, 0.4) is 0 Å². The first-order valence-corrected chi connectivity index (χ1v) is 8.93. The Morgan fingerprint density at radius 2 is 1.85 bits per heavy atom. The van der Waals surface area contributed by atoms with Crippen molar-refractivity contribution in [2.75, 3.05) is 7.05 Å². The lowest BCUT2D eigenvalue weighted by atomic mass is 10.2. The molecular formula is C19H19BrN4O2. The summed E-state index contributed by atoms with van der Waals surface area (Å²) in [5, 5.41) is 0.480. The number of aromatic nitrogens is 2. The molecule has 1 amide bonds. The molecule has 3 aromatic rings. The lowest BCUT2D eigenvalue weighted by molar-refractivity contribution is -0.118. The number of amides is 1. The normalized spacial score (nSPS) is 11.2. The fraction of sp³-hybridized carbons (Fsp3) is 0.211. The van der Waals surface area contributed by atoms with Crippen LogP contribution in [0.1, 0.15) is 11.4 Å². The molecule has 0 radical (unpaired) electrons. The van der Waals surface area contributed by atoms with Crippen LogP contribution in [0.25, 0.3) is 10.9 Å². The summed E-state index contributed by atoms with van der Waals surface area (Å²) in [7, 11) is 1.94. The molecule has 7 heteroatoms. The van der Waals surface area contributed by atoms with Gasteiger partial charge in [-0.3, -0.25) is 19.1 Å². The molecule has 0 bridgehead atoms. The van der Waals surface area contributed by atoms with Crippen molar-refractivity contribution in [2.24, 2.45) is 5.73 Å². The van der Waals surface area contributed by atoms with Crippen molar-refractivity contribution in [1.29, 1.82) is 0 Å². The van der Waals surface area contributed by atoms with E-state index in [0.717, 1.165) is 10.0 Å². The SMILES string of the molecule is CN(Cc1ccc(Br)cc1)Cc1nc2ccccc2c(=O)n1CC(N)=O. The van der Waals surface area contributed by atoms with Crippen LogP contribution < -0.4 is 11.3 Å². The molecule has 0 aliphatic heterocycles. The van der Waals surface area contributed by atoms with Crippen molar-refractivity contribution >= 4 is 32.7 Å². The molecule has 0 aliphatic rings. The standard InChI is InChI=1S/C19H19BrN4O2/c1-23(10-13-6-8-14(20)9-7-13)12-18-22-16-5-3-2-4-15(16)19(26)24(18)11-17(21)25/h2-9H,10-12H2,1H3,(H2,21,25). The summed E-state index contributed by atoms with van der Waals surface area (Å²) in [6, 6.07) is 15.2. The predicted molar refractivity (Wildman–Crippen MR) is 105 cm³/mol. The second kappa shape index (κ2) is 7.80. The maximum Gasteiger partial charge on any atom is 0.261 e. The Morgan fingerprint density at radius 1 is 1.15 bits per heavy atom. The minimum Gasteiger partial charge on any atom is -0.368 e. The highest BCUT2D eigenvalue weighted by Gasteiger charge is 2.14. The number of para-hydroxylation sites is 1. The predicted octanol–water partition coefficient (Wildman–Crippen LogP) is 2.28. The van der Waals surface area contributed by atoms with Crippen molar-refractivity contribution in [1.82, 2.24) is 14.5 Å². The van der Waals surface area contributed by atoms with E-state index < -0.39 is 5.91 Å². The molecule has 0 fully saturated rings. The van der Waals surface area contributed by atoms with Crippen LogP contribution in [0.4, 0.5) is 0 Å². The monoisotopic (exact) mass is 414 g/mol. The summed E-state index contributed by atoms with van der Waals surface area (Å²) in [5.74, 6) is -0.0481. The Hall–Kier alpha value is -2.51. The third-order valence-corrected chi connectivity index (χ3v) is 4.56. The van der Waals surface area contributed by atoms with E-state index in [1.165, 1.54) is 4.57 Å². The van der Waals surface area contributed by atoms with Gasteiger partial charge >= 0.3 is 0 Å². The second-order valence-electron chi connectivity index (χ2n) is 6.20. The van der Waals surface area contributed by atoms with Crippen molar-refractivity contribution in [2.45, 2.75) is 19.6 Å². The average molecular weight is 415 g/mol. The van der Waals surface area contributed by atoms with Gasteiger partial charge in [-0.15, -0.1) is 0 Å². The quantitative estimate of drug-likeness (QED) is 0.670. The van der Waals surface area contributed by atoms with Gasteiger partial charge in [-0.2, -0.15) is 0 Å². The maximum atomic E-state index is 12.8. The Kier molecular flexibility index (Phi) is 5.49. The molecule has 2 aromatic carbocycles. The Labute approximate surface area is 159 Å². The summed E-state index contributed by atoms with van der Waals surface area (Å²) in [5.41, 5.74) is 6.84. The third-order valence-electron chi connectivity index (χ3n) is 4.03. The zero-order chi connectivity index (χ0) is 18.7. The molecule has 134 valence electrons.